The number of hydrogen-bond donors (Lipinski definition) is 2. The van der Waals surface area contributed by atoms with Crippen molar-refractivity contribution in [2.24, 2.45) is 50.2 Å². The summed E-state index contributed by atoms with van der Waals surface area (Å²) in [6.07, 6.45) is 15.0. The van der Waals surface area contributed by atoms with Gasteiger partial charge in [0.05, 0.1) is 11.1 Å². The first kappa shape index (κ1) is 27.7. The van der Waals surface area contributed by atoms with E-state index in [0.29, 0.717) is 40.0 Å². The fraction of sp³-hybridized carbons (Fsp3) is 0.912. The van der Waals surface area contributed by atoms with Crippen LogP contribution in [0.5, 0.6) is 0 Å². The van der Waals surface area contributed by atoms with Crippen LogP contribution in [0.4, 0.5) is 0 Å². The number of aliphatic hydroxyl groups is 1. The fourth-order valence-electron chi connectivity index (χ4n) is 11.8. The average Bonchev–Trinajstić information content (AvgIpc) is 2.81. The fourth-order valence-corrected chi connectivity index (χ4v) is 12.3. The largest absolute Gasteiger partial charge is 0.393 e. The summed E-state index contributed by atoms with van der Waals surface area (Å²) in [5.74, 6) is 1.92. The molecular formula is C34H56N2OS. The van der Waals surface area contributed by atoms with E-state index in [2.05, 4.69) is 71.8 Å². The molecule has 4 saturated carbocycles. The lowest BCUT2D eigenvalue weighted by atomic mass is 9.33. The average molecular weight is 541 g/mol. The van der Waals surface area contributed by atoms with Gasteiger partial charge in [-0.25, -0.2) is 0 Å². The Balaban J connectivity index is 1.39. The monoisotopic (exact) mass is 540 g/mol. The van der Waals surface area contributed by atoms with Crippen LogP contribution in [-0.2, 0) is 0 Å². The second kappa shape index (κ2) is 8.54. The smallest absolute Gasteiger partial charge is 0.0849 e. The molecule has 0 amide bonds. The minimum atomic E-state index is -0.153. The van der Waals surface area contributed by atoms with Gasteiger partial charge in [-0.05, 0) is 116 Å². The Kier molecular flexibility index (Phi) is 6.23. The Bertz CT molecular complexity index is 1030. The number of likely N-dealkylation sites (N-methyl/N-ethyl adjacent to an activating group) is 1. The van der Waals surface area contributed by atoms with Crippen molar-refractivity contribution in [1.82, 2.24) is 10.2 Å². The third-order valence-corrected chi connectivity index (χ3v) is 15.3. The highest BCUT2D eigenvalue weighted by Gasteiger charge is 2.69. The molecule has 2 N–H and O–H groups in total. The molecule has 0 aromatic carbocycles. The molecule has 6 aliphatic rings. The van der Waals surface area contributed by atoms with Gasteiger partial charge in [0.15, 0.2) is 0 Å². The van der Waals surface area contributed by atoms with Gasteiger partial charge in [-0.2, -0.15) is 0 Å². The molecular weight excluding hydrogens is 484 g/mol. The maximum Gasteiger partial charge on any atom is 0.0849 e. The molecule has 1 heterocycles. The van der Waals surface area contributed by atoms with Crippen molar-refractivity contribution in [3.05, 3.63) is 11.6 Å². The van der Waals surface area contributed by atoms with Crippen LogP contribution in [0.1, 0.15) is 113 Å². The van der Waals surface area contributed by atoms with Crippen LogP contribution < -0.4 is 5.32 Å². The maximum atomic E-state index is 11.0. The van der Waals surface area contributed by atoms with Crippen LogP contribution >= 0.6 is 12.2 Å². The van der Waals surface area contributed by atoms with Gasteiger partial charge < -0.3 is 15.3 Å². The zero-order chi connectivity index (χ0) is 27.5. The van der Waals surface area contributed by atoms with Crippen molar-refractivity contribution in [2.75, 3.05) is 20.1 Å². The van der Waals surface area contributed by atoms with Crippen LogP contribution in [-0.4, -0.2) is 47.3 Å². The molecule has 8 atom stereocenters. The molecule has 0 unspecified atom stereocenters. The van der Waals surface area contributed by atoms with Crippen LogP contribution in [0.25, 0.3) is 0 Å². The van der Waals surface area contributed by atoms with Gasteiger partial charge in [-0.15, -0.1) is 0 Å². The highest BCUT2D eigenvalue weighted by atomic mass is 32.1. The van der Waals surface area contributed by atoms with Gasteiger partial charge in [-0.3, -0.25) is 0 Å². The standard InChI is InChI=1S/C34H56N2OS/c1-29(2)15-17-34(28(38)36-20-22(21-36)35-8)18-16-32(6)23(24(34)19-29)9-10-26-31(5)13-12-27(37)30(3,4)25(31)11-14-33(26,32)7/h9,22,24-27,35,37H,10-21H2,1-8H3/t24-,25-,26+,27-,31-,32+,33+,34-/m0/s1. The van der Waals surface area contributed by atoms with E-state index in [1.54, 1.807) is 5.57 Å². The topological polar surface area (TPSA) is 35.5 Å². The molecule has 0 aromatic rings. The molecule has 1 aliphatic heterocycles. The Morgan fingerprint density at radius 3 is 2.29 bits per heavy atom. The van der Waals surface area contributed by atoms with E-state index in [-0.39, 0.29) is 22.3 Å². The maximum absolute atomic E-state index is 11.0. The predicted octanol–water partition coefficient (Wildman–Crippen LogP) is 7.38. The number of nitrogens with zero attached hydrogens (tertiary/aromatic N) is 1. The molecule has 6 rings (SSSR count). The minimum absolute atomic E-state index is 0.0168. The van der Waals surface area contributed by atoms with Gasteiger partial charge >= 0.3 is 0 Å². The summed E-state index contributed by atoms with van der Waals surface area (Å²) >= 11 is 6.46. The Morgan fingerprint density at radius 1 is 0.921 bits per heavy atom. The predicted molar refractivity (Wildman–Crippen MR) is 162 cm³/mol. The van der Waals surface area contributed by atoms with Crippen LogP contribution in [0.2, 0.25) is 0 Å². The Morgan fingerprint density at radius 2 is 1.61 bits per heavy atom. The lowest BCUT2D eigenvalue weighted by Crippen LogP contribution is -2.67. The number of likely N-dealkylation sites (tertiary alicyclic amines) is 1. The summed E-state index contributed by atoms with van der Waals surface area (Å²) in [6.45, 7) is 20.0. The summed E-state index contributed by atoms with van der Waals surface area (Å²) in [7, 11) is 2.09. The zero-order valence-electron chi connectivity index (χ0n) is 25.8. The quantitative estimate of drug-likeness (QED) is 0.283. The van der Waals surface area contributed by atoms with Gasteiger partial charge in [0.25, 0.3) is 0 Å². The summed E-state index contributed by atoms with van der Waals surface area (Å²) in [5, 5.41) is 14.5. The van der Waals surface area contributed by atoms with Crippen LogP contribution in [0.15, 0.2) is 11.6 Å². The second-order valence-electron chi connectivity index (χ2n) is 16.9. The summed E-state index contributed by atoms with van der Waals surface area (Å²) in [6, 6.07) is 0.597. The molecule has 0 spiro atoms. The molecule has 38 heavy (non-hydrogen) atoms. The molecule has 3 nitrogen and oxygen atoms in total. The van der Waals surface area contributed by atoms with Crippen molar-refractivity contribution in [2.45, 2.75) is 125 Å². The van der Waals surface area contributed by atoms with Crippen molar-refractivity contribution in [1.29, 1.82) is 0 Å². The van der Waals surface area contributed by atoms with Gasteiger partial charge in [0.1, 0.15) is 0 Å². The molecule has 1 saturated heterocycles. The number of allylic oxidation sites excluding steroid dienone is 2. The Hall–Kier alpha value is -0.450. The molecule has 5 fully saturated rings. The van der Waals surface area contributed by atoms with E-state index in [4.69, 9.17) is 12.2 Å². The number of hydrogen-bond acceptors (Lipinski definition) is 3. The van der Waals surface area contributed by atoms with Crippen molar-refractivity contribution >= 4 is 17.2 Å². The van der Waals surface area contributed by atoms with Crippen LogP contribution in [0.3, 0.4) is 0 Å². The first-order chi connectivity index (χ1) is 17.6. The van der Waals surface area contributed by atoms with E-state index >= 15 is 0 Å². The van der Waals surface area contributed by atoms with E-state index in [9.17, 15) is 5.11 Å². The number of rotatable bonds is 2. The molecule has 5 aliphatic carbocycles. The molecule has 0 bridgehead atoms. The normalized spacial score (nSPS) is 49.5. The van der Waals surface area contributed by atoms with Crippen molar-refractivity contribution < 1.29 is 5.11 Å². The molecule has 0 aromatic heterocycles. The number of nitrogens with one attached hydrogen (secondary N) is 1. The second-order valence-corrected chi connectivity index (χ2v) is 17.3. The molecule has 214 valence electrons. The number of aliphatic hydroxyl groups excluding tert-OH is 1. The van der Waals surface area contributed by atoms with E-state index in [0.717, 1.165) is 19.5 Å². The van der Waals surface area contributed by atoms with E-state index in [1.807, 2.05) is 0 Å². The first-order valence-electron chi connectivity index (χ1n) is 16.0. The highest BCUT2D eigenvalue weighted by Crippen LogP contribution is 2.76. The van der Waals surface area contributed by atoms with E-state index < -0.39 is 0 Å². The summed E-state index contributed by atoms with van der Waals surface area (Å²) in [4.78, 5) is 3.86. The van der Waals surface area contributed by atoms with Gasteiger partial charge in [0.2, 0.25) is 0 Å². The number of thiocarbonyl (C=S) groups is 1. The van der Waals surface area contributed by atoms with Crippen molar-refractivity contribution in [3.63, 3.8) is 0 Å². The van der Waals surface area contributed by atoms with Crippen molar-refractivity contribution in [3.8, 4) is 0 Å². The lowest BCUT2D eigenvalue weighted by Gasteiger charge is -2.71. The summed E-state index contributed by atoms with van der Waals surface area (Å²) < 4.78 is 0. The number of fused-ring (bicyclic) bond motifs is 7. The minimum Gasteiger partial charge on any atom is -0.393 e. The lowest BCUT2D eigenvalue weighted by molar-refractivity contribution is -0.201. The van der Waals surface area contributed by atoms with E-state index in [1.165, 1.54) is 62.8 Å². The zero-order valence-corrected chi connectivity index (χ0v) is 26.6. The van der Waals surface area contributed by atoms with Crippen LogP contribution in [0, 0.1) is 50.2 Å². The molecule has 4 heteroatoms. The SMILES string of the molecule is CNC1CN(C(=S)[C@]23CCC(C)(C)C[C@H]2C2=CC[C@@H]4[C@@]5(C)CC[C@H](O)C(C)(C)[C@@H]5CC[C@@]4(C)[C@]2(C)CC3)C1. The highest BCUT2D eigenvalue weighted by molar-refractivity contribution is 7.80. The summed E-state index contributed by atoms with van der Waals surface area (Å²) in [5.41, 5.74) is 3.28. The first-order valence-corrected chi connectivity index (χ1v) is 16.4. The van der Waals surface area contributed by atoms with Gasteiger partial charge in [-0.1, -0.05) is 72.3 Å². The molecule has 0 radical (unpaired) electrons. The van der Waals surface area contributed by atoms with Gasteiger partial charge in [0, 0.05) is 24.5 Å². The third kappa shape index (κ3) is 3.47. The third-order valence-electron chi connectivity index (χ3n) is 14.6. The Labute approximate surface area is 239 Å².